The highest BCUT2D eigenvalue weighted by Gasteiger charge is 2.26. The molecule has 0 radical (unpaired) electrons. The molecule has 1 rings (SSSR count). The van der Waals surface area contributed by atoms with Crippen molar-refractivity contribution in [3.05, 3.63) is 29.6 Å². The third kappa shape index (κ3) is 4.06. The van der Waals surface area contributed by atoms with Crippen molar-refractivity contribution in [3.8, 4) is 0 Å². The van der Waals surface area contributed by atoms with E-state index in [4.69, 9.17) is 5.73 Å². The van der Waals surface area contributed by atoms with Gasteiger partial charge in [0, 0.05) is 18.0 Å². The van der Waals surface area contributed by atoms with Gasteiger partial charge in [0.1, 0.15) is 5.60 Å². The molecule has 0 unspecified atom stereocenters. The first kappa shape index (κ1) is 14.6. The predicted molar refractivity (Wildman–Crippen MR) is 63.1 cm³/mol. The summed E-state index contributed by atoms with van der Waals surface area (Å²) in [5.41, 5.74) is 3.84. The molecule has 0 aliphatic carbocycles. The molecule has 1 atom stereocenters. The second kappa shape index (κ2) is 5.01. The maximum Gasteiger partial charge on any atom is 0.264 e. The SMILES string of the molecule is C[C@@](O)(COS(C)(=O)=O)c1cncc(C(N)=O)c1. The number of hydrogen-bond donors (Lipinski definition) is 2. The number of amides is 1. The van der Waals surface area contributed by atoms with Crippen LogP contribution in [0.5, 0.6) is 0 Å². The molecule has 0 saturated carbocycles. The molecule has 1 heterocycles. The predicted octanol–water partition coefficient (Wildman–Crippen LogP) is -0.636. The van der Waals surface area contributed by atoms with Crippen LogP contribution in [0.15, 0.2) is 18.5 Å². The summed E-state index contributed by atoms with van der Waals surface area (Å²) in [6, 6.07) is 1.33. The van der Waals surface area contributed by atoms with Gasteiger partial charge in [-0.1, -0.05) is 0 Å². The zero-order valence-electron chi connectivity index (χ0n) is 9.95. The number of aromatic nitrogens is 1. The van der Waals surface area contributed by atoms with Crippen LogP contribution in [0.4, 0.5) is 0 Å². The molecule has 0 saturated heterocycles. The van der Waals surface area contributed by atoms with E-state index in [9.17, 15) is 18.3 Å². The summed E-state index contributed by atoms with van der Waals surface area (Å²) < 4.78 is 26.2. The minimum atomic E-state index is -3.66. The Hall–Kier alpha value is -1.51. The summed E-state index contributed by atoms with van der Waals surface area (Å²) in [6.07, 6.45) is 3.43. The van der Waals surface area contributed by atoms with Gasteiger partial charge in [0.15, 0.2) is 0 Å². The highest BCUT2D eigenvalue weighted by atomic mass is 32.2. The van der Waals surface area contributed by atoms with E-state index in [2.05, 4.69) is 9.17 Å². The Kier molecular flexibility index (Phi) is 4.05. The van der Waals surface area contributed by atoms with Gasteiger partial charge in [-0.25, -0.2) is 0 Å². The second-order valence-corrected chi connectivity index (χ2v) is 5.71. The van der Waals surface area contributed by atoms with E-state index < -0.39 is 28.2 Å². The highest BCUT2D eigenvalue weighted by Crippen LogP contribution is 2.21. The van der Waals surface area contributed by atoms with Gasteiger partial charge < -0.3 is 10.8 Å². The van der Waals surface area contributed by atoms with E-state index >= 15 is 0 Å². The van der Waals surface area contributed by atoms with Gasteiger partial charge in [0.05, 0.1) is 18.4 Å². The van der Waals surface area contributed by atoms with Crippen molar-refractivity contribution in [2.24, 2.45) is 5.73 Å². The van der Waals surface area contributed by atoms with Crippen LogP contribution in [0, 0.1) is 0 Å². The van der Waals surface area contributed by atoms with Crippen molar-refractivity contribution in [3.63, 3.8) is 0 Å². The lowest BCUT2D eigenvalue weighted by molar-refractivity contribution is 0.00974. The normalized spacial score (nSPS) is 15.1. The van der Waals surface area contributed by atoms with Crippen LogP contribution in [-0.2, 0) is 19.9 Å². The van der Waals surface area contributed by atoms with Gasteiger partial charge >= 0.3 is 0 Å². The van der Waals surface area contributed by atoms with Crippen molar-refractivity contribution in [1.82, 2.24) is 4.98 Å². The third-order valence-electron chi connectivity index (χ3n) is 2.20. The lowest BCUT2D eigenvalue weighted by Gasteiger charge is -2.22. The minimum absolute atomic E-state index is 0.118. The summed E-state index contributed by atoms with van der Waals surface area (Å²) in [7, 11) is -3.66. The van der Waals surface area contributed by atoms with Crippen LogP contribution in [-0.4, -0.2) is 37.3 Å². The zero-order valence-corrected chi connectivity index (χ0v) is 10.8. The maximum atomic E-state index is 11.0. The molecule has 0 spiro atoms. The van der Waals surface area contributed by atoms with Crippen LogP contribution in [0.3, 0.4) is 0 Å². The van der Waals surface area contributed by atoms with Crippen LogP contribution in [0.1, 0.15) is 22.8 Å². The van der Waals surface area contributed by atoms with Crippen molar-refractivity contribution in [2.45, 2.75) is 12.5 Å². The van der Waals surface area contributed by atoms with Crippen molar-refractivity contribution in [1.29, 1.82) is 0 Å². The second-order valence-electron chi connectivity index (χ2n) is 4.07. The molecule has 1 amide bonds. The molecule has 0 aliphatic heterocycles. The number of primary amides is 1. The number of pyridine rings is 1. The Balaban J connectivity index is 2.97. The number of carbonyl (C=O) groups excluding carboxylic acids is 1. The van der Waals surface area contributed by atoms with E-state index in [1.165, 1.54) is 25.4 Å². The third-order valence-corrected chi connectivity index (χ3v) is 2.74. The molecule has 0 aliphatic rings. The Morgan fingerprint density at radius 2 is 2.17 bits per heavy atom. The summed E-state index contributed by atoms with van der Waals surface area (Å²) in [5.74, 6) is -0.691. The molecule has 0 fully saturated rings. The molecule has 7 nitrogen and oxygen atoms in total. The van der Waals surface area contributed by atoms with E-state index in [1.807, 2.05) is 0 Å². The molecule has 100 valence electrons. The Bertz CT molecular complexity index is 553. The fourth-order valence-corrected chi connectivity index (χ4v) is 1.62. The first-order valence-corrected chi connectivity index (χ1v) is 6.75. The van der Waals surface area contributed by atoms with Gasteiger partial charge in [-0.05, 0) is 13.0 Å². The quantitative estimate of drug-likeness (QED) is 0.689. The Labute approximate surface area is 105 Å². The van der Waals surface area contributed by atoms with Crippen molar-refractivity contribution < 1.29 is 22.5 Å². The summed E-state index contributed by atoms with van der Waals surface area (Å²) >= 11 is 0. The van der Waals surface area contributed by atoms with E-state index in [-0.39, 0.29) is 11.1 Å². The number of rotatable bonds is 5. The van der Waals surface area contributed by atoms with Gasteiger partial charge in [-0.2, -0.15) is 8.42 Å². The standard InChI is InChI=1S/C10H14N2O5S/c1-10(14,6-17-18(2,15)16)8-3-7(9(11)13)4-12-5-8/h3-5,14H,6H2,1-2H3,(H2,11,13)/t10-/m1/s1. The number of aliphatic hydroxyl groups is 1. The topological polar surface area (TPSA) is 120 Å². The van der Waals surface area contributed by atoms with Crippen LogP contribution >= 0.6 is 0 Å². The average molecular weight is 274 g/mol. The van der Waals surface area contributed by atoms with Crippen molar-refractivity contribution in [2.75, 3.05) is 12.9 Å². The summed E-state index contributed by atoms with van der Waals surface area (Å²) in [6.45, 7) is 0.871. The number of nitrogens with zero attached hydrogens (tertiary/aromatic N) is 1. The summed E-state index contributed by atoms with van der Waals surface area (Å²) in [4.78, 5) is 14.7. The fourth-order valence-electron chi connectivity index (χ4n) is 1.17. The Morgan fingerprint density at radius 1 is 1.56 bits per heavy atom. The van der Waals surface area contributed by atoms with E-state index in [0.29, 0.717) is 0 Å². The van der Waals surface area contributed by atoms with Gasteiger partial charge in [0.2, 0.25) is 5.91 Å². The average Bonchev–Trinajstić information content (AvgIpc) is 2.26. The Morgan fingerprint density at radius 3 is 2.67 bits per heavy atom. The van der Waals surface area contributed by atoms with Gasteiger partial charge in [-0.3, -0.25) is 14.0 Å². The van der Waals surface area contributed by atoms with E-state index in [0.717, 1.165) is 6.26 Å². The molecule has 1 aromatic rings. The first-order chi connectivity index (χ1) is 8.12. The molecule has 1 aromatic heterocycles. The molecule has 0 bridgehead atoms. The van der Waals surface area contributed by atoms with Crippen LogP contribution in [0.25, 0.3) is 0 Å². The summed E-state index contributed by atoms with van der Waals surface area (Å²) in [5, 5.41) is 10.1. The number of hydrogen-bond acceptors (Lipinski definition) is 6. The number of carbonyl (C=O) groups is 1. The monoisotopic (exact) mass is 274 g/mol. The molecule has 18 heavy (non-hydrogen) atoms. The molecular weight excluding hydrogens is 260 g/mol. The number of nitrogens with two attached hydrogens (primary N) is 1. The zero-order chi connectivity index (χ0) is 14.0. The lowest BCUT2D eigenvalue weighted by atomic mass is 9.98. The smallest absolute Gasteiger partial charge is 0.264 e. The van der Waals surface area contributed by atoms with E-state index in [1.54, 1.807) is 0 Å². The molecule has 8 heteroatoms. The highest BCUT2D eigenvalue weighted by molar-refractivity contribution is 7.85. The maximum absolute atomic E-state index is 11.0. The minimum Gasteiger partial charge on any atom is -0.383 e. The largest absolute Gasteiger partial charge is 0.383 e. The van der Waals surface area contributed by atoms with Crippen LogP contribution in [0.2, 0.25) is 0 Å². The van der Waals surface area contributed by atoms with Gasteiger partial charge in [0.25, 0.3) is 10.1 Å². The fraction of sp³-hybridized carbons (Fsp3) is 0.400. The van der Waals surface area contributed by atoms with Crippen molar-refractivity contribution >= 4 is 16.0 Å². The van der Waals surface area contributed by atoms with Crippen LogP contribution < -0.4 is 5.73 Å². The first-order valence-electron chi connectivity index (χ1n) is 4.94. The van der Waals surface area contributed by atoms with Gasteiger partial charge in [-0.15, -0.1) is 0 Å². The molecule has 3 N–H and O–H groups in total. The molecule has 0 aromatic carbocycles. The lowest BCUT2D eigenvalue weighted by Crippen LogP contribution is -2.30. The molecular formula is C10H14N2O5S.